The van der Waals surface area contributed by atoms with E-state index < -0.39 is 0 Å². The third-order valence-corrected chi connectivity index (χ3v) is 11.5. The summed E-state index contributed by atoms with van der Waals surface area (Å²) in [6.07, 6.45) is 36.5. The molecule has 0 fully saturated rings. The fraction of sp³-hybridized carbons (Fsp3) is 0.500. The van der Waals surface area contributed by atoms with Gasteiger partial charge in [-0.3, -0.25) is 0 Å². The molecule has 0 saturated carbocycles. The van der Waals surface area contributed by atoms with Crippen LogP contribution in [0, 0.1) is 0 Å². The molecule has 4 bridgehead atoms. The maximum absolute atomic E-state index is 2.39. The Balaban J connectivity index is 1.27. The molecule has 0 spiro atoms. The first-order chi connectivity index (χ1) is 25.9. The van der Waals surface area contributed by atoms with Crippen LogP contribution in [0.2, 0.25) is 0 Å². The summed E-state index contributed by atoms with van der Waals surface area (Å²) >= 11 is 0. The Morgan fingerprint density at radius 1 is 0.192 bits per heavy atom. The summed E-state index contributed by atoms with van der Waals surface area (Å²) in [5, 5.41) is 0. The molecule has 0 heterocycles. The minimum absolute atomic E-state index is 1.18. The Morgan fingerprint density at radius 3 is 0.654 bits per heavy atom. The zero-order valence-electron chi connectivity index (χ0n) is 32.8. The molecule has 7 rings (SSSR count). The molecule has 3 aliphatic carbocycles. The molecular formula is C52H70. The smallest absolute Gasteiger partial charge is 0.00268 e. The van der Waals surface area contributed by atoms with Gasteiger partial charge in [0, 0.05) is 0 Å². The second-order valence-electron chi connectivity index (χ2n) is 15.9. The standard InChI is InChI=1S/C52H70/c1-2-4-6-8-10-12-14-16-18-20-22-26-32-46-39-43-50(44-40-46)52(48-35-29-24-30-36-48)51(47-33-27-23-28-34-47)49-41-37-45(38-42-49)31-25-21-19-17-15-13-11-9-7-5-3-1/h23-24,27-30,33-44H,1-22,25-26,31-32H2/b52-51-. The van der Waals surface area contributed by atoms with Gasteiger partial charge in [-0.25, -0.2) is 0 Å². The second kappa shape index (κ2) is 24.8. The molecule has 0 nitrogen and oxygen atoms in total. The molecule has 0 aliphatic heterocycles. The van der Waals surface area contributed by atoms with E-state index >= 15 is 0 Å². The van der Waals surface area contributed by atoms with Gasteiger partial charge in [0.1, 0.15) is 0 Å². The lowest BCUT2D eigenvalue weighted by atomic mass is 9.85. The number of fused-ring (bicyclic) bond motifs is 2. The van der Waals surface area contributed by atoms with Crippen molar-refractivity contribution in [1.29, 1.82) is 0 Å². The van der Waals surface area contributed by atoms with Gasteiger partial charge in [0.15, 0.2) is 0 Å². The summed E-state index contributed by atoms with van der Waals surface area (Å²) < 4.78 is 0. The summed E-state index contributed by atoms with van der Waals surface area (Å²) in [6.45, 7) is 0. The molecule has 278 valence electrons. The highest BCUT2D eigenvalue weighted by atomic mass is 14.2. The van der Waals surface area contributed by atoms with Crippen molar-refractivity contribution in [1.82, 2.24) is 0 Å². The summed E-state index contributed by atoms with van der Waals surface area (Å²) in [5.74, 6) is 0. The average molecular weight is 695 g/mol. The molecule has 52 heavy (non-hydrogen) atoms. The lowest BCUT2D eigenvalue weighted by Crippen LogP contribution is -1.98. The highest BCUT2D eigenvalue weighted by Gasteiger charge is 2.16. The lowest BCUT2D eigenvalue weighted by molar-refractivity contribution is 0.516. The van der Waals surface area contributed by atoms with Crippen molar-refractivity contribution < 1.29 is 0 Å². The molecule has 4 aromatic rings. The Hall–Kier alpha value is -3.38. The van der Waals surface area contributed by atoms with Crippen molar-refractivity contribution >= 4 is 11.1 Å². The Kier molecular flexibility index (Phi) is 19.0. The molecule has 0 unspecified atom stereocenters. The molecule has 3 aliphatic rings. The van der Waals surface area contributed by atoms with Crippen molar-refractivity contribution in [2.45, 2.75) is 167 Å². The highest BCUT2D eigenvalue weighted by molar-refractivity contribution is 6.04. The van der Waals surface area contributed by atoms with Crippen LogP contribution in [-0.4, -0.2) is 0 Å². The first-order valence-electron chi connectivity index (χ1n) is 21.9. The van der Waals surface area contributed by atoms with Gasteiger partial charge in [-0.1, -0.05) is 250 Å². The van der Waals surface area contributed by atoms with E-state index in [0.29, 0.717) is 0 Å². The first kappa shape index (κ1) is 39.8. The van der Waals surface area contributed by atoms with Gasteiger partial charge in [0.2, 0.25) is 0 Å². The number of aryl methyl sites for hydroxylation is 2. The lowest BCUT2D eigenvalue weighted by Gasteiger charge is -2.19. The molecule has 0 heteroatoms. The molecule has 0 aromatic heterocycles. The van der Waals surface area contributed by atoms with Crippen LogP contribution in [0.15, 0.2) is 109 Å². The third kappa shape index (κ3) is 14.6. The van der Waals surface area contributed by atoms with Gasteiger partial charge >= 0.3 is 0 Å². The largest absolute Gasteiger partial charge is 0.0622 e. The highest BCUT2D eigenvalue weighted by Crippen LogP contribution is 2.37. The summed E-state index contributed by atoms with van der Waals surface area (Å²) in [7, 11) is 0. The minimum Gasteiger partial charge on any atom is -0.0622 e. The van der Waals surface area contributed by atoms with Gasteiger partial charge in [0.25, 0.3) is 0 Å². The van der Waals surface area contributed by atoms with Gasteiger partial charge in [-0.15, -0.1) is 0 Å². The van der Waals surface area contributed by atoms with E-state index in [2.05, 4.69) is 109 Å². The SMILES string of the molecule is c1ccc(/C2=C(\c3ccccc3)c3ccc(cc3)CCCCCCCCCCCCCCCCCCCCCCCCCCc3ccc2cc3)cc1. The predicted molar refractivity (Wildman–Crippen MR) is 229 cm³/mol. The number of hydrogen-bond donors (Lipinski definition) is 0. The summed E-state index contributed by atoms with van der Waals surface area (Å²) in [4.78, 5) is 0. The van der Waals surface area contributed by atoms with E-state index in [-0.39, 0.29) is 0 Å². The quantitative estimate of drug-likeness (QED) is 0.196. The fourth-order valence-electron chi connectivity index (χ4n) is 8.34. The van der Waals surface area contributed by atoms with Crippen LogP contribution >= 0.6 is 0 Å². The third-order valence-electron chi connectivity index (χ3n) is 11.5. The van der Waals surface area contributed by atoms with Crippen LogP contribution in [0.5, 0.6) is 0 Å². The predicted octanol–water partition coefficient (Wildman–Crippen LogP) is 16.2. The van der Waals surface area contributed by atoms with E-state index in [1.54, 1.807) is 0 Å². The monoisotopic (exact) mass is 695 g/mol. The molecule has 0 amide bonds. The van der Waals surface area contributed by atoms with Gasteiger partial charge in [-0.2, -0.15) is 0 Å². The molecule has 0 atom stereocenters. The number of hydrogen-bond acceptors (Lipinski definition) is 0. The molecule has 0 saturated heterocycles. The molecule has 0 radical (unpaired) electrons. The Labute approximate surface area is 319 Å². The van der Waals surface area contributed by atoms with Crippen LogP contribution in [0.4, 0.5) is 0 Å². The van der Waals surface area contributed by atoms with Gasteiger partial charge in [0.05, 0.1) is 0 Å². The fourth-order valence-corrected chi connectivity index (χ4v) is 8.34. The van der Waals surface area contributed by atoms with Crippen LogP contribution in [-0.2, 0) is 12.8 Å². The van der Waals surface area contributed by atoms with Gasteiger partial charge < -0.3 is 0 Å². The Morgan fingerprint density at radius 2 is 0.404 bits per heavy atom. The van der Waals surface area contributed by atoms with Crippen LogP contribution in [0.3, 0.4) is 0 Å². The Bertz CT molecular complexity index is 1380. The summed E-state index contributed by atoms with van der Waals surface area (Å²) in [5.41, 5.74) is 10.7. The van der Waals surface area contributed by atoms with E-state index in [0.717, 1.165) is 0 Å². The number of benzene rings is 4. The summed E-state index contributed by atoms with van der Waals surface area (Å²) in [6, 6.07) is 41.2. The van der Waals surface area contributed by atoms with Crippen molar-refractivity contribution in [2.75, 3.05) is 0 Å². The van der Waals surface area contributed by atoms with E-state index in [1.165, 1.54) is 211 Å². The minimum atomic E-state index is 1.18. The van der Waals surface area contributed by atoms with E-state index in [4.69, 9.17) is 0 Å². The van der Waals surface area contributed by atoms with Crippen molar-refractivity contribution in [2.24, 2.45) is 0 Å². The van der Waals surface area contributed by atoms with Crippen molar-refractivity contribution in [3.63, 3.8) is 0 Å². The zero-order valence-corrected chi connectivity index (χ0v) is 32.8. The van der Waals surface area contributed by atoms with Crippen LogP contribution in [0.25, 0.3) is 11.1 Å². The molecule has 4 aromatic carbocycles. The normalized spacial score (nSPS) is 19.6. The van der Waals surface area contributed by atoms with E-state index in [1.807, 2.05) is 0 Å². The van der Waals surface area contributed by atoms with Crippen molar-refractivity contribution in [3.05, 3.63) is 143 Å². The topological polar surface area (TPSA) is 0 Å². The maximum atomic E-state index is 2.39. The van der Waals surface area contributed by atoms with Crippen molar-refractivity contribution in [3.8, 4) is 0 Å². The second-order valence-corrected chi connectivity index (χ2v) is 15.9. The maximum Gasteiger partial charge on any atom is -0.00268 e. The van der Waals surface area contributed by atoms with Crippen LogP contribution in [0.1, 0.15) is 187 Å². The van der Waals surface area contributed by atoms with E-state index in [9.17, 15) is 0 Å². The average Bonchev–Trinajstić information content (AvgIpc) is 3.19. The zero-order chi connectivity index (χ0) is 35.7. The number of rotatable bonds is 2. The first-order valence-corrected chi connectivity index (χ1v) is 21.9. The molecular weight excluding hydrogens is 625 g/mol. The van der Waals surface area contributed by atoms with Crippen LogP contribution < -0.4 is 0 Å². The van der Waals surface area contributed by atoms with Gasteiger partial charge in [-0.05, 0) is 70.2 Å². The molecule has 0 N–H and O–H groups in total.